The van der Waals surface area contributed by atoms with E-state index in [0.29, 0.717) is 55.6 Å². The largest absolute Gasteiger partial charge is 0.462 e. The lowest BCUT2D eigenvalue weighted by Crippen LogP contribution is -2.60. The van der Waals surface area contributed by atoms with Crippen molar-refractivity contribution in [3.05, 3.63) is 29.5 Å². The predicted octanol–water partition coefficient (Wildman–Crippen LogP) is 1.24. The monoisotopic (exact) mass is 648 g/mol. The van der Waals surface area contributed by atoms with Gasteiger partial charge in [0.1, 0.15) is 36.8 Å². The Hall–Kier alpha value is -2.33. The number of aromatic nitrogens is 1. The van der Waals surface area contributed by atoms with Gasteiger partial charge in [-0.15, -0.1) is 0 Å². The Morgan fingerprint density at radius 3 is 2.50 bits per heavy atom. The Kier molecular flexibility index (Phi) is 10.8. The smallest absolute Gasteiger partial charge is 0.418 e. The van der Waals surface area contributed by atoms with Crippen molar-refractivity contribution in [3.8, 4) is 5.75 Å². The summed E-state index contributed by atoms with van der Waals surface area (Å²) in [6, 6.07) is 5.70. The molecule has 3 saturated heterocycles. The lowest BCUT2D eigenvalue weighted by molar-refractivity contribution is -0.277. The van der Waals surface area contributed by atoms with Crippen molar-refractivity contribution >= 4 is 17.0 Å². The zero-order chi connectivity index (χ0) is 32.4. The van der Waals surface area contributed by atoms with Gasteiger partial charge in [0.15, 0.2) is 0 Å². The summed E-state index contributed by atoms with van der Waals surface area (Å²) in [6.07, 6.45) is -3.29. The fourth-order valence-electron chi connectivity index (χ4n) is 8.12. The second-order valence-corrected chi connectivity index (χ2v) is 12.9. The van der Waals surface area contributed by atoms with E-state index in [4.69, 9.17) is 28.4 Å². The molecule has 13 heteroatoms. The molecule has 13 nitrogen and oxygen atoms in total. The molecule has 1 aliphatic carbocycles. The Morgan fingerprint density at radius 1 is 1.00 bits per heavy atom. The number of rotatable bonds is 13. The molecule has 4 N–H and O–H groups in total. The van der Waals surface area contributed by atoms with Gasteiger partial charge in [0.05, 0.1) is 45.2 Å². The van der Waals surface area contributed by atoms with E-state index in [1.54, 1.807) is 17.7 Å². The third-order valence-corrected chi connectivity index (χ3v) is 10.2. The fraction of sp³-hybridized carbons (Fsp3) is 0.727. The number of aliphatic hydroxyl groups is 4. The Morgan fingerprint density at radius 2 is 1.76 bits per heavy atom. The van der Waals surface area contributed by atoms with Gasteiger partial charge in [-0.1, -0.05) is 13.3 Å². The third-order valence-electron chi connectivity index (χ3n) is 10.2. The highest BCUT2D eigenvalue weighted by atomic mass is 16.7. The van der Waals surface area contributed by atoms with E-state index in [1.807, 2.05) is 12.1 Å². The van der Waals surface area contributed by atoms with Gasteiger partial charge < -0.3 is 48.8 Å². The molecule has 1 aromatic carbocycles. The summed E-state index contributed by atoms with van der Waals surface area (Å²) in [5.74, 6) is 1.70. The highest BCUT2D eigenvalue weighted by molar-refractivity contribution is 5.95. The quantitative estimate of drug-likeness (QED) is 0.231. The van der Waals surface area contributed by atoms with Crippen LogP contribution in [0.5, 0.6) is 5.75 Å². The van der Waals surface area contributed by atoms with Crippen LogP contribution in [0.15, 0.2) is 18.2 Å². The molecular formula is C33H48N2O11. The zero-order valence-corrected chi connectivity index (χ0v) is 26.7. The maximum atomic E-state index is 13.9. The third kappa shape index (κ3) is 6.54. The van der Waals surface area contributed by atoms with Crippen LogP contribution in [0.25, 0.3) is 10.9 Å². The first-order valence-electron chi connectivity index (χ1n) is 16.6. The predicted molar refractivity (Wildman–Crippen MR) is 165 cm³/mol. The molecule has 0 amide bonds. The summed E-state index contributed by atoms with van der Waals surface area (Å²) in [7, 11) is 1.62. The van der Waals surface area contributed by atoms with Crippen molar-refractivity contribution in [2.24, 2.45) is 11.8 Å². The van der Waals surface area contributed by atoms with Crippen LogP contribution < -0.4 is 4.74 Å². The Labute approximate surface area is 268 Å². The highest BCUT2D eigenvalue weighted by Gasteiger charge is 2.50. The summed E-state index contributed by atoms with van der Waals surface area (Å²) in [5.41, 5.74) is 2.81. The summed E-state index contributed by atoms with van der Waals surface area (Å²) in [6.45, 7) is 5.88. The normalized spacial score (nSPS) is 33.5. The molecule has 2 aromatic rings. The van der Waals surface area contributed by atoms with Gasteiger partial charge >= 0.3 is 6.09 Å². The van der Waals surface area contributed by atoms with Crippen molar-refractivity contribution in [1.82, 2.24) is 9.47 Å². The molecule has 5 aliphatic rings. The molecule has 7 rings (SSSR count). The van der Waals surface area contributed by atoms with E-state index in [0.717, 1.165) is 49.0 Å². The highest BCUT2D eigenvalue weighted by Crippen LogP contribution is 2.52. The minimum Gasteiger partial charge on any atom is -0.462 e. The zero-order valence-electron chi connectivity index (χ0n) is 26.7. The standard InChI is InChI=1S/C33H48N2O11/c1-3-20-14-19-15-24-27(20)34(17-19)7-6-22-23-16-21(45-32-31(39)30(38)29(37)26(18-36)46-32)4-5-25(23)35(28(22)24)33(40)44-13-12-43-11-10-42-9-8-41-2/h4-5,16,19-20,24,26-27,29-32,36-39H,3,6-15,17-18H2,1-2H3/t19-,20-,24+,26+,27?,29+,30-,31+,32?/m0/s1. The molecule has 4 aliphatic heterocycles. The van der Waals surface area contributed by atoms with Crippen LogP contribution in [-0.4, -0.2) is 139 Å². The number of carbonyl (C=O) groups is 1. The van der Waals surface area contributed by atoms with Crippen LogP contribution in [0.1, 0.15) is 43.4 Å². The summed E-state index contributed by atoms with van der Waals surface area (Å²) < 4.78 is 35.1. The molecule has 4 fully saturated rings. The van der Waals surface area contributed by atoms with Gasteiger partial charge in [-0.25, -0.2) is 9.36 Å². The molecule has 10 atom stereocenters. The van der Waals surface area contributed by atoms with Crippen LogP contribution in [0, 0.1) is 11.8 Å². The van der Waals surface area contributed by atoms with Gasteiger partial charge in [0.25, 0.3) is 0 Å². The van der Waals surface area contributed by atoms with Crippen molar-refractivity contribution in [1.29, 1.82) is 0 Å². The molecular weight excluding hydrogens is 600 g/mol. The average Bonchev–Trinajstić information content (AvgIpc) is 3.34. The van der Waals surface area contributed by atoms with Gasteiger partial charge in [0.2, 0.25) is 6.29 Å². The van der Waals surface area contributed by atoms with E-state index in [1.165, 1.54) is 6.42 Å². The number of ether oxygens (including phenoxy) is 6. The summed E-state index contributed by atoms with van der Waals surface area (Å²) in [5, 5.41) is 41.5. The van der Waals surface area contributed by atoms with E-state index in [2.05, 4.69) is 11.8 Å². The molecule has 256 valence electrons. The SMILES string of the molecule is CC[C@H]1C[C@H]2C[C@H]3c4c(c5cc(OC6O[C@H](CO)[C@@H](O)[C@H](O)[C@H]6O)ccc5n4C(=O)OCCOCCOCCOC)CCN(C2)C13. The van der Waals surface area contributed by atoms with E-state index in [9.17, 15) is 25.2 Å². The number of piperidine rings is 2. The van der Waals surface area contributed by atoms with E-state index in [-0.39, 0.29) is 19.1 Å². The fourth-order valence-corrected chi connectivity index (χ4v) is 8.12. The van der Waals surface area contributed by atoms with Gasteiger partial charge in [-0.3, -0.25) is 4.90 Å². The first-order valence-corrected chi connectivity index (χ1v) is 16.6. The molecule has 3 unspecified atom stereocenters. The molecule has 4 bridgehead atoms. The Balaban J connectivity index is 1.27. The molecule has 46 heavy (non-hydrogen) atoms. The average molecular weight is 649 g/mol. The molecule has 1 aromatic heterocycles. The van der Waals surface area contributed by atoms with Crippen LogP contribution in [0.2, 0.25) is 0 Å². The second-order valence-electron chi connectivity index (χ2n) is 12.9. The first-order chi connectivity index (χ1) is 22.4. The lowest BCUT2D eigenvalue weighted by Gasteiger charge is -2.53. The number of nitrogens with zero attached hydrogens (tertiary/aromatic N) is 2. The maximum absolute atomic E-state index is 13.9. The Bertz CT molecular complexity index is 1330. The number of hydrogen-bond acceptors (Lipinski definition) is 12. The molecule has 1 saturated carbocycles. The van der Waals surface area contributed by atoms with Crippen molar-refractivity contribution < 1.29 is 53.6 Å². The van der Waals surface area contributed by atoms with Crippen molar-refractivity contribution in [2.75, 3.05) is 66.4 Å². The summed E-state index contributed by atoms with van der Waals surface area (Å²) >= 11 is 0. The van der Waals surface area contributed by atoms with Gasteiger partial charge in [-0.2, -0.15) is 0 Å². The lowest BCUT2D eigenvalue weighted by atomic mass is 9.65. The number of fused-ring (bicyclic) bond motifs is 4. The van der Waals surface area contributed by atoms with Crippen LogP contribution in [-0.2, 0) is 30.1 Å². The number of benzene rings is 1. The first kappa shape index (κ1) is 33.6. The van der Waals surface area contributed by atoms with Crippen molar-refractivity contribution in [2.45, 2.75) is 75.3 Å². The van der Waals surface area contributed by atoms with Gasteiger partial charge in [0, 0.05) is 43.2 Å². The van der Waals surface area contributed by atoms with Crippen LogP contribution >= 0.6 is 0 Å². The minimum absolute atomic E-state index is 0.101. The summed E-state index contributed by atoms with van der Waals surface area (Å²) in [4.78, 5) is 16.5. The topological polar surface area (TPSA) is 162 Å². The van der Waals surface area contributed by atoms with E-state index < -0.39 is 43.4 Å². The number of carbonyl (C=O) groups excluding carboxylic acids is 1. The van der Waals surface area contributed by atoms with Crippen LogP contribution in [0.4, 0.5) is 4.79 Å². The maximum Gasteiger partial charge on any atom is 0.418 e. The second kappa shape index (κ2) is 14.8. The minimum atomic E-state index is -1.55. The van der Waals surface area contributed by atoms with Gasteiger partial charge in [-0.05, 0) is 54.9 Å². The molecule has 5 heterocycles. The molecule has 0 radical (unpaired) electrons. The number of methoxy groups -OCH3 is 1. The van der Waals surface area contributed by atoms with Crippen LogP contribution in [0.3, 0.4) is 0 Å². The van der Waals surface area contributed by atoms with E-state index >= 15 is 0 Å². The molecule has 0 spiro atoms. The number of hydrogen-bond donors (Lipinski definition) is 4. The number of aliphatic hydroxyl groups excluding tert-OH is 4. The van der Waals surface area contributed by atoms with Crippen molar-refractivity contribution in [3.63, 3.8) is 0 Å².